The maximum absolute atomic E-state index is 12.4. The summed E-state index contributed by atoms with van der Waals surface area (Å²) in [5.74, 6) is 0. The predicted octanol–water partition coefficient (Wildman–Crippen LogP) is 0.212. The van der Waals surface area contributed by atoms with Crippen molar-refractivity contribution < 1.29 is 9.53 Å². The van der Waals surface area contributed by atoms with Crippen LogP contribution in [0.4, 0.5) is 10.5 Å². The largest absolute Gasteiger partial charge is 0.399 e. The van der Waals surface area contributed by atoms with E-state index in [2.05, 4.69) is 4.98 Å². The van der Waals surface area contributed by atoms with Crippen LogP contribution in [0.1, 0.15) is 0 Å². The van der Waals surface area contributed by atoms with Crippen molar-refractivity contribution in [1.82, 2.24) is 14.5 Å². The van der Waals surface area contributed by atoms with Gasteiger partial charge < -0.3 is 20.4 Å². The van der Waals surface area contributed by atoms with Crippen LogP contribution in [0.3, 0.4) is 0 Å². The van der Waals surface area contributed by atoms with E-state index < -0.39 is 5.69 Å². The van der Waals surface area contributed by atoms with Gasteiger partial charge in [-0.15, -0.1) is 0 Å². The third-order valence-electron chi connectivity index (χ3n) is 3.18. The number of hydrogen-bond acceptors (Lipinski definition) is 4. The van der Waals surface area contributed by atoms with Crippen molar-refractivity contribution in [1.29, 1.82) is 0 Å². The number of ether oxygens (including phenoxy) is 1. The van der Waals surface area contributed by atoms with Gasteiger partial charge in [0, 0.05) is 18.8 Å². The maximum Gasteiger partial charge on any atom is 0.334 e. The molecule has 0 spiro atoms. The van der Waals surface area contributed by atoms with Gasteiger partial charge in [0.2, 0.25) is 0 Å². The van der Waals surface area contributed by atoms with Crippen molar-refractivity contribution >= 4 is 22.8 Å². The van der Waals surface area contributed by atoms with E-state index in [9.17, 15) is 9.59 Å². The molecule has 0 radical (unpaired) electrons. The van der Waals surface area contributed by atoms with Crippen LogP contribution in [-0.2, 0) is 4.74 Å². The molecule has 7 heteroatoms. The lowest BCUT2D eigenvalue weighted by molar-refractivity contribution is 0.0536. The summed E-state index contributed by atoms with van der Waals surface area (Å²) < 4.78 is 6.33. The van der Waals surface area contributed by atoms with Crippen LogP contribution in [0.2, 0.25) is 0 Å². The average molecular weight is 262 g/mol. The predicted molar refractivity (Wildman–Crippen MR) is 70.2 cm³/mol. The summed E-state index contributed by atoms with van der Waals surface area (Å²) >= 11 is 0. The van der Waals surface area contributed by atoms with E-state index in [0.717, 1.165) is 4.57 Å². The number of nitrogens with one attached hydrogen (secondary N) is 1. The first-order valence-electron chi connectivity index (χ1n) is 6.04. The maximum atomic E-state index is 12.4. The zero-order valence-corrected chi connectivity index (χ0v) is 10.3. The van der Waals surface area contributed by atoms with Crippen molar-refractivity contribution in [3.63, 3.8) is 0 Å². The molecule has 7 nitrogen and oxygen atoms in total. The quantitative estimate of drug-likeness (QED) is 0.664. The minimum absolute atomic E-state index is 0.329. The van der Waals surface area contributed by atoms with Crippen LogP contribution >= 0.6 is 0 Å². The fourth-order valence-electron chi connectivity index (χ4n) is 2.22. The lowest BCUT2D eigenvalue weighted by Gasteiger charge is -2.26. The number of fused-ring (bicyclic) bond motifs is 1. The zero-order valence-electron chi connectivity index (χ0n) is 10.3. The SMILES string of the molecule is Nc1ccc2c(c1)[nH]c(=O)n2C(=O)N1CCOCC1. The Morgan fingerprint density at radius 1 is 1.32 bits per heavy atom. The highest BCUT2D eigenvalue weighted by Crippen LogP contribution is 2.15. The first-order chi connectivity index (χ1) is 9.16. The molecule has 1 aromatic carbocycles. The Kier molecular flexibility index (Phi) is 2.75. The van der Waals surface area contributed by atoms with Crippen molar-refractivity contribution in [2.24, 2.45) is 0 Å². The zero-order chi connectivity index (χ0) is 13.4. The molecule has 1 aromatic heterocycles. The van der Waals surface area contributed by atoms with Gasteiger partial charge in [0.05, 0.1) is 24.2 Å². The third-order valence-corrected chi connectivity index (χ3v) is 3.18. The Morgan fingerprint density at radius 2 is 2.05 bits per heavy atom. The van der Waals surface area contributed by atoms with Crippen LogP contribution in [0, 0.1) is 0 Å². The Bertz CT molecular complexity index is 682. The van der Waals surface area contributed by atoms with Gasteiger partial charge in [0.1, 0.15) is 0 Å². The normalized spacial score (nSPS) is 15.9. The fourth-order valence-corrected chi connectivity index (χ4v) is 2.22. The molecule has 0 aliphatic carbocycles. The number of aromatic amines is 1. The summed E-state index contributed by atoms with van der Waals surface area (Å²) in [5, 5.41) is 0. The molecule has 19 heavy (non-hydrogen) atoms. The number of amides is 1. The van der Waals surface area contributed by atoms with E-state index in [0.29, 0.717) is 43.0 Å². The molecule has 0 bridgehead atoms. The molecule has 2 aromatic rings. The molecule has 1 saturated heterocycles. The first-order valence-corrected chi connectivity index (χ1v) is 6.04. The van der Waals surface area contributed by atoms with Crippen LogP contribution < -0.4 is 11.4 Å². The minimum atomic E-state index is -0.447. The molecule has 1 aliphatic heterocycles. The van der Waals surface area contributed by atoms with Gasteiger partial charge in [-0.2, -0.15) is 0 Å². The summed E-state index contributed by atoms with van der Waals surface area (Å²) in [5.41, 5.74) is 6.85. The number of H-pyrrole nitrogens is 1. The van der Waals surface area contributed by atoms with E-state index in [4.69, 9.17) is 10.5 Å². The molecule has 2 heterocycles. The Morgan fingerprint density at radius 3 is 2.79 bits per heavy atom. The summed E-state index contributed by atoms with van der Waals surface area (Å²) in [7, 11) is 0. The van der Waals surface area contributed by atoms with Gasteiger partial charge in [0.25, 0.3) is 0 Å². The third kappa shape index (κ3) is 1.97. The molecule has 1 amide bonds. The number of anilines is 1. The van der Waals surface area contributed by atoms with Gasteiger partial charge in [0.15, 0.2) is 0 Å². The van der Waals surface area contributed by atoms with Gasteiger partial charge in [-0.3, -0.25) is 0 Å². The molecule has 1 fully saturated rings. The summed E-state index contributed by atoms with van der Waals surface area (Å²) in [6.45, 7) is 1.98. The van der Waals surface area contributed by atoms with Crippen LogP contribution in [0.25, 0.3) is 11.0 Å². The number of nitrogens with two attached hydrogens (primary N) is 1. The number of aromatic nitrogens is 2. The fraction of sp³-hybridized carbons (Fsp3) is 0.333. The number of nitrogens with zero attached hydrogens (tertiary/aromatic N) is 2. The van der Waals surface area contributed by atoms with Crippen molar-refractivity contribution in [3.05, 3.63) is 28.7 Å². The smallest absolute Gasteiger partial charge is 0.334 e. The molecule has 0 unspecified atom stereocenters. The van der Waals surface area contributed by atoms with Crippen LogP contribution in [0.15, 0.2) is 23.0 Å². The number of rotatable bonds is 0. The topological polar surface area (TPSA) is 93.3 Å². The van der Waals surface area contributed by atoms with E-state index in [1.807, 2.05) is 0 Å². The second kappa shape index (κ2) is 4.43. The Balaban J connectivity index is 2.06. The number of hydrogen-bond donors (Lipinski definition) is 2. The number of morpholine rings is 1. The highest BCUT2D eigenvalue weighted by atomic mass is 16.5. The van der Waals surface area contributed by atoms with Gasteiger partial charge in [-0.1, -0.05) is 0 Å². The molecule has 0 atom stereocenters. The summed E-state index contributed by atoms with van der Waals surface area (Å²) in [4.78, 5) is 28.5. The number of carbonyl (C=O) groups is 1. The number of carbonyl (C=O) groups excluding carboxylic acids is 1. The molecular weight excluding hydrogens is 248 g/mol. The van der Waals surface area contributed by atoms with E-state index in [1.54, 1.807) is 23.1 Å². The van der Waals surface area contributed by atoms with Crippen molar-refractivity contribution in [3.8, 4) is 0 Å². The lowest BCUT2D eigenvalue weighted by atomic mass is 10.3. The van der Waals surface area contributed by atoms with E-state index >= 15 is 0 Å². The summed E-state index contributed by atoms with van der Waals surface area (Å²) in [6, 6.07) is 4.64. The first kappa shape index (κ1) is 11.8. The number of imidazole rings is 1. The highest BCUT2D eigenvalue weighted by Gasteiger charge is 2.22. The van der Waals surface area contributed by atoms with Gasteiger partial charge >= 0.3 is 11.7 Å². The van der Waals surface area contributed by atoms with Gasteiger partial charge in [-0.25, -0.2) is 14.2 Å². The molecule has 3 rings (SSSR count). The van der Waals surface area contributed by atoms with Crippen LogP contribution in [0.5, 0.6) is 0 Å². The molecule has 1 aliphatic rings. The molecular formula is C12H14N4O3. The Labute approximate surface area is 108 Å². The van der Waals surface area contributed by atoms with E-state index in [1.165, 1.54) is 0 Å². The van der Waals surface area contributed by atoms with Crippen LogP contribution in [-0.4, -0.2) is 46.8 Å². The lowest BCUT2D eigenvalue weighted by Crippen LogP contribution is -2.45. The second-order valence-electron chi connectivity index (χ2n) is 4.42. The van der Waals surface area contributed by atoms with E-state index in [-0.39, 0.29) is 6.03 Å². The average Bonchev–Trinajstić information content (AvgIpc) is 2.74. The minimum Gasteiger partial charge on any atom is -0.399 e. The highest BCUT2D eigenvalue weighted by molar-refractivity contribution is 5.90. The van der Waals surface area contributed by atoms with Gasteiger partial charge in [-0.05, 0) is 18.2 Å². The Hall–Kier alpha value is -2.28. The molecule has 0 saturated carbocycles. The number of benzene rings is 1. The molecule has 3 N–H and O–H groups in total. The molecule has 100 valence electrons. The van der Waals surface area contributed by atoms with Crippen molar-refractivity contribution in [2.45, 2.75) is 0 Å². The second-order valence-corrected chi connectivity index (χ2v) is 4.42. The monoisotopic (exact) mass is 262 g/mol. The van der Waals surface area contributed by atoms with Crippen molar-refractivity contribution in [2.75, 3.05) is 32.0 Å². The summed E-state index contributed by atoms with van der Waals surface area (Å²) in [6.07, 6.45) is 0. The standard InChI is InChI=1S/C12H14N4O3/c13-8-1-2-10-9(7-8)14-11(17)16(10)12(18)15-3-5-19-6-4-15/h1-2,7H,3-6,13H2,(H,14,17). The number of nitrogen functional groups attached to an aromatic ring is 1.